The molecule has 6 nitrogen and oxygen atoms in total. The number of thiazole rings is 1. The fourth-order valence-electron chi connectivity index (χ4n) is 2.99. The summed E-state index contributed by atoms with van der Waals surface area (Å²) in [5.41, 5.74) is -1.56. The summed E-state index contributed by atoms with van der Waals surface area (Å²) in [5, 5.41) is 21.5. The summed E-state index contributed by atoms with van der Waals surface area (Å²) < 4.78 is -0.764. The first-order chi connectivity index (χ1) is 9.37. The number of hydrogen-bond acceptors (Lipinski definition) is 6. The number of carboxylic acid groups (broad SMARTS) is 1. The van der Waals surface area contributed by atoms with Gasteiger partial charge in [0, 0.05) is 16.3 Å². The van der Waals surface area contributed by atoms with Crippen LogP contribution in [-0.4, -0.2) is 54.2 Å². The number of aliphatic hydroxyl groups excluding tert-OH is 1. The number of carbonyl (C=O) groups is 2. The van der Waals surface area contributed by atoms with Crippen molar-refractivity contribution in [3.63, 3.8) is 0 Å². The van der Waals surface area contributed by atoms with Crippen molar-refractivity contribution in [2.75, 3.05) is 6.61 Å². The van der Waals surface area contributed by atoms with Crippen molar-refractivity contribution in [2.45, 2.75) is 35.4 Å². The van der Waals surface area contributed by atoms with Crippen molar-refractivity contribution in [3.05, 3.63) is 16.6 Å². The molecule has 0 bridgehead atoms. The van der Waals surface area contributed by atoms with Gasteiger partial charge < -0.3 is 15.1 Å². The van der Waals surface area contributed by atoms with Crippen LogP contribution in [0.15, 0.2) is 11.6 Å². The fraction of sp³-hybridized carbons (Fsp3) is 0.583. The normalized spacial score (nSPS) is 34.8. The summed E-state index contributed by atoms with van der Waals surface area (Å²) >= 11 is 2.81. The molecule has 8 heteroatoms. The Morgan fingerprint density at radius 3 is 2.75 bits per heavy atom. The summed E-state index contributed by atoms with van der Waals surface area (Å²) in [6.45, 7) is 2.92. The highest BCUT2D eigenvalue weighted by molar-refractivity contribution is 8.01. The van der Waals surface area contributed by atoms with Crippen LogP contribution in [0.25, 0.3) is 0 Å². The number of hydrogen-bond donors (Lipinski definition) is 2. The Morgan fingerprint density at radius 2 is 2.25 bits per heavy atom. The second-order valence-electron chi connectivity index (χ2n) is 5.40. The van der Waals surface area contributed by atoms with E-state index in [9.17, 15) is 19.8 Å². The van der Waals surface area contributed by atoms with Gasteiger partial charge in [0.15, 0.2) is 5.54 Å². The number of fused-ring (bicyclic) bond motifs is 1. The molecule has 2 aliphatic rings. The van der Waals surface area contributed by atoms with Gasteiger partial charge in [-0.3, -0.25) is 4.79 Å². The number of rotatable bonds is 3. The van der Waals surface area contributed by atoms with Crippen molar-refractivity contribution in [3.8, 4) is 0 Å². The zero-order chi connectivity index (χ0) is 14.7. The summed E-state index contributed by atoms with van der Waals surface area (Å²) in [5.74, 6) is -1.82. The van der Waals surface area contributed by atoms with Crippen LogP contribution in [0.5, 0.6) is 0 Å². The number of thioether (sulfide) groups is 1. The number of aliphatic carboxylic acids is 1. The Bertz CT molecular complexity index is 574. The Kier molecular flexibility index (Phi) is 2.90. The van der Waals surface area contributed by atoms with Crippen LogP contribution >= 0.6 is 23.1 Å². The molecule has 2 aliphatic heterocycles. The Balaban J connectivity index is 2.03. The summed E-state index contributed by atoms with van der Waals surface area (Å²) in [6, 6.07) is 0. The van der Waals surface area contributed by atoms with Gasteiger partial charge >= 0.3 is 5.97 Å². The molecular formula is C12H14N2O4S2. The third-order valence-electron chi connectivity index (χ3n) is 4.17. The van der Waals surface area contributed by atoms with E-state index in [1.165, 1.54) is 28.0 Å². The predicted octanol–water partition coefficient (Wildman–Crippen LogP) is 0.736. The molecule has 0 radical (unpaired) electrons. The van der Waals surface area contributed by atoms with E-state index < -0.39 is 28.8 Å². The summed E-state index contributed by atoms with van der Waals surface area (Å²) in [6.07, 6.45) is 1.64. The van der Waals surface area contributed by atoms with Crippen molar-refractivity contribution < 1.29 is 19.8 Å². The number of amides is 1. The molecule has 1 aromatic heterocycles. The molecule has 0 aliphatic carbocycles. The number of aromatic nitrogens is 1. The maximum Gasteiger partial charge on any atom is 0.333 e. The van der Waals surface area contributed by atoms with Gasteiger partial charge in [-0.05, 0) is 13.8 Å². The summed E-state index contributed by atoms with van der Waals surface area (Å²) in [4.78, 5) is 29.6. The molecule has 2 saturated heterocycles. The van der Waals surface area contributed by atoms with Gasteiger partial charge in [0.25, 0.3) is 0 Å². The first-order valence-electron chi connectivity index (χ1n) is 6.11. The predicted molar refractivity (Wildman–Crippen MR) is 74.6 cm³/mol. The Labute approximate surface area is 123 Å². The molecule has 3 heterocycles. The van der Waals surface area contributed by atoms with Crippen molar-refractivity contribution >= 4 is 35.0 Å². The van der Waals surface area contributed by atoms with E-state index in [0.717, 1.165) is 0 Å². The Morgan fingerprint density at radius 1 is 1.55 bits per heavy atom. The van der Waals surface area contributed by atoms with Crippen LogP contribution in [0.2, 0.25) is 0 Å². The third-order valence-corrected chi connectivity index (χ3v) is 6.68. The summed E-state index contributed by atoms with van der Waals surface area (Å²) in [7, 11) is 0. The molecule has 0 aromatic carbocycles. The lowest BCUT2D eigenvalue weighted by Crippen LogP contribution is -2.71. The van der Waals surface area contributed by atoms with Crippen molar-refractivity contribution in [1.29, 1.82) is 0 Å². The van der Waals surface area contributed by atoms with Crippen LogP contribution < -0.4 is 0 Å². The minimum absolute atomic E-state index is 0.264. The van der Waals surface area contributed by atoms with Gasteiger partial charge in [-0.1, -0.05) is 0 Å². The quantitative estimate of drug-likeness (QED) is 0.800. The number of nitrogens with zero attached hydrogens (tertiary/aromatic N) is 2. The highest BCUT2D eigenvalue weighted by Crippen LogP contribution is 2.61. The Hall–Kier alpha value is -1.12. The average molecular weight is 314 g/mol. The monoisotopic (exact) mass is 314 g/mol. The third kappa shape index (κ3) is 1.41. The molecule has 2 fully saturated rings. The molecule has 0 spiro atoms. The maximum absolute atomic E-state index is 12.4. The van der Waals surface area contributed by atoms with Crippen LogP contribution in [0.3, 0.4) is 0 Å². The van der Waals surface area contributed by atoms with E-state index in [1.807, 2.05) is 0 Å². The van der Waals surface area contributed by atoms with Crippen LogP contribution in [-0.2, 0) is 9.59 Å². The molecular weight excluding hydrogens is 300 g/mol. The van der Waals surface area contributed by atoms with Crippen LogP contribution in [0, 0.1) is 0 Å². The number of carboxylic acids is 1. The molecule has 1 aromatic rings. The van der Waals surface area contributed by atoms with E-state index in [4.69, 9.17) is 0 Å². The molecule has 2 N–H and O–H groups in total. The molecule has 0 saturated carbocycles. The molecule has 1 amide bonds. The van der Waals surface area contributed by atoms with Crippen LogP contribution in [0.4, 0.5) is 0 Å². The number of carbonyl (C=O) groups excluding carboxylic acids is 1. The van der Waals surface area contributed by atoms with Gasteiger partial charge in [-0.25, -0.2) is 9.78 Å². The topological polar surface area (TPSA) is 90.7 Å². The minimum atomic E-state index is -1.56. The molecule has 108 valence electrons. The van der Waals surface area contributed by atoms with E-state index in [2.05, 4.69) is 4.98 Å². The highest BCUT2D eigenvalue weighted by atomic mass is 32.2. The first kappa shape index (κ1) is 13.8. The lowest BCUT2D eigenvalue weighted by Gasteiger charge is -2.48. The van der Waals surface area contributed by atoms with Gasteiger partial charge in [-0.2, -0.15) is 0 Å². The molecule has 1 unspecified atom stereocenters. The smallest absolute Gasteiger partial charge is 0.333 e. The zero-order valence-electron chi connectivity index (χ0n) is 10.9. The van der Waals surface area contributed by atoms with Gasteiger partial charge in [0.2, 0.25) is 5.91 Å². The molecule has 3 rings (SSSR count). The fourth-order valence-corrected chi connectivity index (χ4v) is 5.65. The lowest BCUT2D eigenvalue weighted by atomic mass is 9.80. The van der Waals surface area contributed by atoms with Crippen LogP contribution in [0.1, 0.15) is 24.8 Å². The van der Waals surface area contributed by atoms with E-state index in [1.54, 1.807) is 25.4 Å². The SMILES string of the molecule is CC1(C)S[C@@H]2C(c3nccs3)C(=O)N2[C@@]1(CO)C(=O)O. The number of aliphatic hydroxyl groups is 1. The lowest BCUT2D eigenvalue weighted by molar-refractivity contribution is -0.174. The van der Waals surface area contributed by atoms with Gasteiger partial charge in [0.05, 0.1) is 12.0 Å². The van der Waals surface area contributed by atoms with E-state index in [0.29, 0.717) is 5.01 Å². The van der Waals surface area contributed by atoms with Crippen molar-refractivity contribution in [2.24, 2.45) is 0 Å². The van der Waals surface area contributed by atoms with Crippen molar-refractivity contribution in [1.82, 2.24) is 9.88 Å². The zero-order valence-corrected chi connectivity index (χ0v) is 12.6. The first-order valence-corrected chi connectivity index (χ1v) is 7.87. The second kappa shape index (κ2) is 4.19. The maximum atomic E-state index is 12.4. The minimum Gasteiger partial charge on any atom is -0.479 e. The average Bonchev–Trinajstić information content (AvgIpc) is 2.93. The molecule has 3 atom stereocenters. The van der Waals surface area contributed by atoms with E-state index >= 15 is 0 Å². The molecule has 20 heavy (non-hydrogen) atoms. The number of β-lactam (4-membered cyclic amide) rings is 1. The highest BCUT2D eigenvalue weighted by Gasteiger charge is 2.73. The van der Waals surface area contributed by atoms with Gasteiger partial charge in [-0.15, -0.1) is 23.1 Å². The second-order valence-corrected chi connectivity index (χ2v) is 8.06. The van der Waals surface area contributed by atoms with E-state index in [-0.39, 0.29) is 11.3 Å². The largest absolute Gasteiger partial charge is 0.479 e. The van der Waals surface area contributed by atoms with Gasteiger partial charge in [0.1, 0.15) is 10.9 Å². The standard InChI is InChI=1S/C12H14N2O4S2/c1-11(2)12(5-15,10(17)18)14-8(16)6(9(14)20-11)7-13-3-4-19-7/h3-4,6,9,15H,5H2,1-2H3,(H,17,18)/t6?,9-,12+/m1/s1.